The van der Waals surface area contributed by atoms with Crippen LogP contribution in [0.1, 0.15) is 46.5 Å². The number of hydrogen-bond acceptors (Lipinski definition) is 3. The molecule has 0 aliphatic carbocycles. The Labute approximate surface area is 118 Å². The van der Waals surface area contributed by atoms with E-state index >= 15 is 0 Å². The van der Waals surface area contributed by atoms with Gasteiger partial charge in [0.1, 0.15) is 0 Å². The SMILES string of the molecule is CCCCCC(C)NC(=NC)NCCS(=O)(=O)CC. The van der Waals surface area contributed by atoms with Crippen LogP contribution >= 0.6 is 0 Å². The molecule has 0 rings (SSSR count). The number of sulfone groups is 1. The highest BCUT2D eigenvalue weighted by Gasteiger charge is 2.08. The van der Waals surface area contributed by atoms with Gasteiger partial charge in [0.25, 0.3) is 0 Å². The molecular formula is C13H29N3O2S. The second-order valence-electron chi connectivity index (χ2n) is 4.78. The Kier molecular flexibility index (Phi) is 9.65. The highest BCUT2D eigenvalue weighted by molar-refractivity contribution is 7.91. The highest BCUT2D eigenvalue weighted by Crippen LogP contribution is 2.02. The van der Waals surface area contributed by atoms with Crippen molar-refractivity contribution in [1.29, 1.82) is 0 Å². The molecule has 0 aromatic heterocycles. The number of nitrogens with zero attached hydrogens (tertiary/aromatic N) is 1. The Balaban J connectivity index is 3.96. The standard InChI is InChI=1S/C13H29N3O2S/c1-5-7-8-9-12(3)16-13(14-4)15-10-11-19(17,18)6-2/h12H,5-11H2,1-4H3,(H2,14,15,16). The van der Waals surface area contributed by atoms with Crippen LogP contribution in [-0.2, 0) is 9.84 Å². The molecule has 1 atom stereocenters. The van der Waals surface area contributed by atoms with Crippen LogP contribution < -0.4 is 10.6 Å². The lowest BCUT2D eigenvalue weighted by Gasteiger charge is -2.17. The lowest BCUT2D eigenvalue weighted by Crippen LogP contribution is -2.43. The molecule has 0 spiro atoms. The fourth-order valence-corrected chi connectivity index (χ4v) is 2.37. The Morgan fingerprint density at radius 1 is 1.26 bits per heavy atom. The van der Waals surface area contributed by atoms with E-state index < -0.39 is 9.84 Å². The van der Waals surface area contributed by atoms with E-state index in [1.165, 1.54) is 19.3 Å². The van der Waals surface area contributed by atoms with E-state index in [0.29, 0.717) is 18.5 Å². The fourth-order valence-electron chi connectivity index (χ4n) is 1.67. The monoisotopic (exact) mass is 291 g/mol. The van der Waals surface area contributed by atoms with Gasteiger partial charge in [0.05, 0.1) is 5.75 Å². The molecule has 6 heteroatoms. The Morgan fingerprint density at radius 3 is 2.47 bits per heavy atom. The van der Waals surface area contributed by atoms with Crippen molar-refractivity contribution in [2.75, 3.05) is 25.1 Å². The molecule has 114 valence electrons. The summed E-state index contributed by atoms with van der Waals surface area (Å²) in [6.45, 7) is 6.37. The maximum absolute atomic E-state index is 11.4. The lowest BCUT2D eigenvalue weighted by atomic mass is 10.1. The molecule has 5 nitrogen and oxygen atoms in total. The molecule has 0 radical (unpaired) electrons. The van der Waals surface area contributed by atoms with Gasteiger partial charge in [-0.25, -0.2) is 8.42 Å². The van der Waals surface area contributed by atoms with Crippen molar-refractivity contribution in [1.82, 2.24) is 10.6 Å². The zero-order valence-corrected chi connectivity index (χ0v) is 13.5. The summed E-state index contributed by atoms with van der Waals surface area (Å²) in [6, 6.07) is 0.348. The molecule has 19 heavy (non-hydrogen) atoms. The van der Waals surface area contributed by atoms with Crippen LogP contribution in [0.5, 0.6) is 0 Å². The summed E-state index contributed by atoms with van der Waals surface area (Å²) in [5, 5.41) is 6.31. The summed E-state index contributed by atoms with van der Waals surface area (Å²) in [6.07, 6.45) is 4.76. The average Bonchev–Trinajstić information content (AvgIpc) is 2.37. The van der Waals surface area contributed by atoms with Gasteiger partial charge in [0.2, 0.25) is 0 Å². The van der Waals surface area contributed by atoms with Gasteiger partial charge in [-0.1, -0.05) is 33.1 Å². The summed E-state index contributed by atoms with van der Waals surface area (Å²) in [7, 11) is -1.22. The van der Waals surface area contributed by atoms with Crippen LogP contribution in [0.2, 0.25) is 0 Å². The maximum Gasteiger partial charge on any atom is 0.191 e. The van der Waals surface area contributed by atoms with E-state index in [1.54, 1.807) is 14.0 Å². The Bertz CT molecular complexity index is 353. The van der Waals surface area contributed by atoms with Gasteiger partial charge in [-0.05, 0) is 13.3 Å². The molecule has 0 aromatic rings. The Morgan fingerprint density at radius 2 is 1.95 bits per heavy atom. The quantitative estimate of drug-likeness (QED) is 0.384. The summed E-state index contributed by atoms with van der Waals surface area (Å²) >= 11 is 0. The van der Waals surface area contributed by atoms with E-state index in [2.05, 4.69) is 29.5 Å². The average molecular weight is 291 g/mol. The number of rotatable bonds is 9. The van der Waals surface area contributed by atoms with Gasteiger partial charge in [0, 0.05) is 25.4 Å². The number of nitrogens with one attached hydrogen (secondary N) is 2. The van der Waals surface area contributed by atoms with E-state index in [0.717, 1.165) is 6.42 Å². The first-order valence-corrected chi connectivity index (χ1v) is 8.94. The van der Waals surface area contributed by atoms with Crippen molar-refractivity contribution in [3.8, 4) is 0 Å². The zero-order valence-electron chi connectivity index (χ0n) is 12.7. The molecule has 0 saturated carbocycles. The van der Waals surface area contributed by atoms with Crippen LogP contribution in [0.3, 0.4) is 0 Å². The molecular weight excluding hydrogens is 262 g/mol. The van der Waals surface area contributed by atoms with Crippen molar-refractivity contribution in [3.63, 3.8) is 0 Å². The smallest absolute Gasteiger partial charge is 0.191 e. The minimum absolute atomic E-state index is 0.147. The first-order valence-electron chi connectivity index (χ1n) is 7.12. The molecule has 2 N–H and O–H groups in total. The fraction of sp³-hybridized carbons (Fsp3) is 0.923. The van der Waals surface area contributed by atoms with Crippen LogP contribution in [0.4, 0.5) is 0 Å². The van der Waals surface area contributed by atoms with Gasteiger partial charge in [-0.2, -0.15) is 0 Å². The summed E-state index contributed by atoms with van der Waals surface area (Å²) < 4.78 is 22.7. The molecule has 0 heterocycles. The predicted octanol–water partition coefficient (Wildman–Crippen LogP) is 1.55. The van der Waals surface area contributed by atoms with E-state index in [1.807, 2.05) is 0 Å². The molecule has 1 unspecified atom stereocenters. The van der Waals surface area contributed by atoms with Crippen LogP contribution in [0.15, 0.2) is 4.99 Å². The largest absolute Gasteiger partial charge is 0.355 e. The third kappa shape index (κ3) is 9.76. The van der Waals surface area contributed by atoms with Gasteiger partial charge in [-0.15, -0.1) is 0 Å². The van der Waals surface area contributed by atoms with E-state index in [9.17, 15) is 8.42 Å². The summed E-state index contributed by atoms with van der Waals surface area (Å²) in [5.41, 5.74) is 0. The van der Waals surface area contributed by atoms with Crippen molar-refractivity contribution < 1.29 is 8.42 Å². The van der Waals surface area contributed by atoms with Crippen molar-refractivity contribution in [2.45, 2.75) is 52.5 Å². The number of guanidine groups is 1. The second-order valence-corrected chi connectivity index (χ2v) is 7.25. The van der Waals surface area contributed by atoms with Crippen LogP contribution in [0.25, 0.3) is 0 Å². The lowest BCUT2D eigenvalue weighted by molar-refractivity contribution is 0.547. The normalized spacial score (nSPS) is 14.2. The van der Waals surface area contributed by atoms with Crippen molar-refractivity contribution in [2.24, 2.45) is 4.99 Å². The number of hydrogen-bond donors (Lipinski definition) is 2. The third-order valence-electron chi connectivity index (χ3n) is 2.99. The second kappa shape index (κ2) is 10.1. The maximum atomic E-state index is 11.4. The Hall–Kier alpha value is -0.780. The first kappa shape index (κ1) is 18.2. The van der Waals surface area contributed by atoms with Crippen LogP contribution in [-0.4, -0.2) is 45.5 Å². The minimum Gasteiger partial charge on any atom is -0.355 e. The first-order chi connectivity index (χ1) is 8.95. The van der Waals surface area contributed by atoms with E-state index in [-0.39, 0.29) is 11.5 Å². The molecule has 0 aliphatic rings. The molecule has 0 aliphatic heterocycles. The molecule has 0 fully saturated rings. The highest BCUT2D eigenvalue weighted by atomic mass is 32.2. The van der Waals surface area contributed by atoms with Gasteiger partial charge in [-0.3, -0.25) is 4.99 Å². The minimum atomic E-state index is -2.91. The van der Waals surface area contributed by atoms with Gasteiger partial charge in [0.15, 0.2) is 15.8 Å². The zero-order chi connectivity index (χ0) is 14.7. The van der Waals surface area contributed by atoms with Crippen LogP contribution in [0, 0.1) is 0 Å². The molecule has 0 amide bonds. The molecule has 0 aromatic carbocycles. The summed E-state index contributed by atoms with van der Waals surface area (Å²) in [5.74, 6) is 1.01. The predicted molar refractivity (Wildman–Crippen MR) is 82.4 cm³/mol. The molecule has 0 bridgehead atoms. The third-order valence-corrected chi connectivity index (χ3v) is 4.70. The van der Waals surface area contributed by atoms with Gasteiger partial charge >= 0.3 is 0 Å². The number of unbranched alkanes of at least 4 members (excludes halogenated alkanes) is 2. The van der Waals surface area contributed by atoms with Crippen molar-refractivity contribution >= 4 is 15.8 Å². The van der Waals surface area contributed by atoms with E-state index in [4.69, 9.17) is 0 Å². The number of aliphatic imine (C=N–C) groups is 1. The van der Waals surface area contributed by atoms with Crippen molar-refractivity contribution in [3.05, 3.63) is 0 Å². The topological polar surface area (TPSA) is 70.6 Å². The summed E-state index contributed by atoms with van der Waals surface area (Å²) in [4.78, 5) is 4.10. The molecule has 0 saturated heterocycles. The van der Waals surface area contributed by atoms with Gasteiger partial charge < -0.3 is 10.6 Å².